The number of ether oxygens (including phenoxy) is 2. The minimum atomic E-state index is -4.82. The summed E-state index contributed by atoms with van der Waals surface area (Å²) in [7, 11) is 1.57. The largest absolute Gasteiger partial charge is 0.573 e. The predicted molar refractivity (Wildman–Crippen MR) is 134 cm³/mol. The monoisotopic (exact) mass is 548 g/mol. The van der Waals surface area contributed by atoms with E-state index >= 15 is 4.39 Å². The summed E-state index contributed by atoms with van der Waals surface area (Å²) in [4.78, 5) is 24.3. The molecule has 38 heavy (non-hydrogen) atoms. The van der Waals surface area contributed by atoms with E-state index in [0.717, 1.165) is 6.07 Å². The number of aryl methyl sites for hydroxylation is 1. The molecule has 198 valence electrons. The molecule has 1 aliphatic rings. The fourth-order valence-corrected chi connectivity index (χ4v) is 4.55. The summed E-state index contributed by atoms with van der Waals surface area (Å²) in [6.45, 7) is 2.58. The molecule has 5 rings (SSSR count). The summed E-state index contributed by atoms with van der Waals surface area (Å²) in [5, 5.41) is 0.353. The first-order chi connectivity index (χ1) is 18.0. The number of aromatic nitrogens is 3. The highest BCUT2D eigenvalue weighted by molar-refractivity contribution is 6.30. The van der Waals surface area contributed by atoms with Crippen LogP contribution in [0.25, 0.3) is 22.2 Å². The molecule has 4 aromatic rings. The van der Waals surface area contributed by atoms with Crippen molar-refractivity contribution in [3.63, 3.8) is 0 Å². The molecule has 12 heteroatoms. The highest BCUT2D eigenvalue weighted by Crippen LogP contribution is 2.34. The van der Waals surface area contributed by atoms with Crippen LogP contribution in [0.3, 0.4) is 0 Å². The highest BCUT2D eigenvalue weighted by atomic mass is 35.5. The Bertz CT molecular complexity index is 1590. The van der Waals surface area contributed by atoms with Gasteiger partial charge in [-0.1, -0.05) is 23.7 Å². The van der Waals surface area contributed by atoms with Crippen molar-refractivity contribution in [3.05, 3.63) is 81.1 Å². The van der Waals surface area contributed by atoms with Crippen LogP contribution >= 0.6 is 11.6 Å². The minimum absolute atomic E-state index is 0.0887. The van der Waals surface area contributed by atoms with Crippen molar-refractivity contribution >= 4 is 28.3 Å². The zero-order chi connectivity index (χ0) is 27.2. The maximum Gasteiger partial charge on any atom is 0.573 e. The second-order valence-corrected chi connectivity index (χ2v) is 9.23. The average molecular weight is 549 g/mol. The van der Waals surface area contributed by atoms with Crippen LogP contribution in [0.5, 0.6) is 5.75 Å². The fraction of sp³-hybridized carbons (Fsp3) is 0.269. The normalized spacial score (nSPS) is 16.2. The number of rotatable bonds is 4. The topological polar surface area (TPSA) is 69.5 Å². The SMILES string of the molecule is Cc1nc2cc(N3CCOC(c4cccc(OC(F)(F)F)c4)C3)nc(-c3ccc(Cl)cc3F)c2c(=O)n1C. The molecular weight excluding hydrogens is 528 g/mol. The Morgan fingerprint density at radius 2 is 1.92 bits per heavy atom. The maximum atomic E-state index is 15.0. The molecule has 0 aliphatic carbocycles. The highest BCUT2D eigenvalue weighted by Gasteiger charge is 2.32. The van der Waals surface area contributed by atoms with Crippen molar-refractivity contribution in [2.75, 3.05) is 24.6 Å². The zero-order valence-electron chi connectivity index (χ0n) is 20.2. The number of hydrogen-bond acceptors (Lipinski definition) is 6. The van der Waals surface area contributed by atoms with E-state index in [4.69, 9.17) is 16.3 Å². The van der Waals surface area contributed by atoms with E-state index in [9.17, 15) is 18.0 Å². The number of benzene rings is 2. The van der Waals surface area contributed by atoms with Crippen LogP contribution in [0.4, 0.5) is 23.4 Å². The summed E-state index contributed by atoms with van der Waals surface area (Å²) >= 11 is 5.94. The lowest BCUT2D eigenvalue weighted by molar-refractivity contribution is -0.274. The number of fused-ring (bicyclic) bond motifs is 1. The first-order valence-corrected chi connectivity index (χ1v) is 11.9. The summed E-state index contributed by atoms with van der Waals surface area (Å²) in [6, 6.07) is 11.3. The van der Waals surface area contributed by atoms with Crippen molar-refractivity contribution in [1.29, 1.82) is 0 Å². The number of anilines is 1. The summed E-state index contributed by atoms with van der Waals surface area (Å²) in [6.07, 6.45) is -5.41. The summed E-state index contributed by atoms with van der Waals surface area (Å²) in [5.41, 5.74) is 0.652. The Kier molecular flexibility index (Phi) is 6.74. The van der Waals surface area contributed by atoms with Gasteiger partial charge in [-0.3, -0.25) is 9.36 Å². The Morgan fingerprint density at radius 1 is 1.13 bits per heavy atom. The molecule has 0 saturated carbocycles. The van der Waals surface area contributed by atoms with E-state index in [1.54, 1.807) is 26.1 Å². The van der Waals surface area contributed by atoms with Gasteiger partial charge in [-0.15, -0.1) is 13.2 Å². The molecule has 2 aromatic carbocycles. The standard InChI is InChI=1S/C26H21ClF4N4O3/c1-14-32-20-12-22(33-24(23(20)25(36)34(14)2)18-7-6-16(27)11-19(18)28)35-8-9-37-21(13-35)15-4-3-5-17(10-15)38-26(29,30)31/h3-7,10-12,21H,8-9,13H2,1-2H3. The summed E-state index contributed by atoms with van der Waals surface area (Å²) < 4.78 is 64.4. The molecule has 1 atom stereocenters. The van der Waals surface area contributed by atoms with Crippen molar-refractivity contribution in [2.45, 2.75) is 19.4 Å². The number of hydrogen-bond donors (Lipinski definition) is 0. The van der Waals surface area contributed by atoms with Gasteiger partial charge < -0.3 is 14.4 Å². The van der Waals surface area contributed by atoms with Gasteiger partial charge in [-0.25, -0.2) is 14.4 Å². The van der Waals surface area contributed by atoms with Crippen molar-refractivity contribution in [2.24, 2.45) is 7.05 Å². The lowest BCUT2D eigenvalue weighted by atomic mass is 10.1. The third kappa shape index (κ3) is 5.16. The summed E-state index contributed by atoms with van der Waals surface area (Å²) in [5.74, 6) is -0.121. The van der Waals surface area contributed by atoms with Crippen LogP contribution in [-0.2, 0) is 11.8 Å². The fourth-order valence-electron chi connectivity index (χ4n) is 4.39. The van der Waals surface area contributed by atoms with E-state index in [2.05, 4.69) is 14.7 Å². The molecule has 0 spiro atoms. The third-order valence-corrected chi connectivity index (χ3v) is 6.55. The van der Waals surface area contributed by atoms with E-state index < -0.39 is 18.3 Å². The predicted octanol–water partition coefficient (Wildman–Crippen LogP) is 5.57. The van der Waals surface area contributed by atoms with E-state index in [0.29, 0.717) is 29.3 Å². The second kappa shape index (κ2) is 9.88. The lowest BCUT2D eigenvalue weighted by Gasteiger charge is -2.34. The first kappa shape index (κ1) is 25.9. The lowest BCUT2D eigenvalue weighted by Crippen LogP contribution is -2.39. The number of morpholine rings is 1. The van der Waals surface area contributed by atoms with Crippen LogP contribution in [-0.4, -0.2) is 40.6 Å². The van der Waals surface area contributed by atoms with Gasteiger partial charge in [0, 0.05) is 36.8 Å². The molecule has 0 N–H and O–H groups in total. The molecular formula is C26H21ClF4N4O3. The van der Waals surface area contributed by atoms with Crippen LogP contribution < -0.4 is 15.2 Å². The molecule has 1 saturated heterocycles. The molecule has 1 fully saturated rings. The van der Waals surface area contributed by atoms with Crippen molar-refractivity contribution in [1.82, 2.24) is 14.5 Å². The smallest absolute Gasteiger partial charge is 0.406 e. The van der Waals surface area contributed by atoms with Gasteiger partial charge in [-0.2, -0.15) is 0 Å². The molecule has 1 aliphatic heterocycles. The minimum Gasteiger partial charge on any atom is -0.406 e. The van der Waals surface area contributed by atoms with E-state index in [1.165, 1.54) is 34.9 Å². The van der Waals surface area contributed by atoms with Gasteiger partial charge in [0.05, 0.1) is 23.2 Å². The molecule has 0 bridgehead atoms. The zero-order valence-corrected chi connectivity index (χ0v) is 21.0. The van der Waals surface area contributed by atoms with Crippen LogP contribution in [0.15, 0.2) is 53.3 Å². The Labute approximate surface area is 219 Å². The van der Waals surface area contributed by atoms with Crippen LogP contribution in [0, 0.1) is 12.7 Å². The molecule has 1 unspecified atom stereocenters. The third-order valence-electron chi connectivity index (χ3n) is 6.31. The molecule has 2 aromatic heterocycles. The van der Waals surface area contributed by atoms with Gasteiger partial charge in [0.15, 0.2) is 0 Å². The second-order valence-electron chi connectivity index (χ2n) is 8.80. The Morgan fingerprint density at radius 3 is 2.66 bits per heavy atom. The van der Waals surface area contributed by atoms with Gasteiger partial charge in [-0.05, 0) is 42.8 Å². The number of nitrogens with zero attached hydrogens (tertiary/aromatic N) is 4. The van der Waals surface area contributed by atoms with Gasteiger partial charge in [0.1, 0.15) is 29.3 Å². The number of halogens is 5. The van der Waals surface area contributed by atoms with E-state index in [1.807, 2.05) is 4.90 Å². The van der Waals surface area contributed by atoms with Crippen molar-refractivity contribution in [3.8, 4) is 17.0 Å². The number of pyridine rings is 1. The van der Waals surface area contributed by atoms with Gasteiger partial charge >= 0.3 is 6.36 Å². The molecule has 7 nitrogen and oxygen atoms in total. The van der Waals surface area contributed by atoms with Crippen LogP contribution in [0.2, 0.25) is 5.02 Å². The van der Waals surface area contributed by atoms with Gasteiger partial charge in [0.2, 0.25) is 0 Å². The van der Waals surface area contributed by atoms with E-state index in [-0.39, 0.29) is 46.1 Å². The Hall–Kier alpha value is -3.70. The molecule has 3 heterocycles. The quantitative estimate of drug-likeness (QED) is 0.311. The Balaban J connectivity index is 1.58. The van der Waals surface area contributed by atoms with Gasteiger partial charge in [0.25, 0.3) is 5.56 Å². The molecule has 0 amide bonds. The number of alkyl halides is 3. The first-order valence-electron chi connectivity index (χ1n) is 11.6. The molecule has 0 radical (unpaired) electrons. The van der Waals surface area contributed by atoms with Crippen molar-refractivity contribution < 1.29 is 27.0 Å². The van der Waals surface area contributed by atoms with Crippen LogP contribution in [0.1, 0.15) is 17.5 Å². The average Bonchev–Trinajstić information content (AvgIpc) is 2.86. The maximum absolute atomic E-state index is 15.0.